The summed E-state index contributed by atoms with van der Waals surface area (Å²) in [4.78, 5) is 3.84. The first-order chi connectivity index (χ1) is 8.05. The van der Waals surface area contributed by atoms with Crippen molar-refractivity contribution < 1.29 is 18.3 Å². The molecule has 0 saturated heterocycles. The van der Waals surface area contributed by atoms with E-state index < -0.39 is 6.29 Å². The molecule has 0 aliphatic carbocycles. The summed E-state index contributed by atoms with van der Waals surface area (Å²) in [6.07, 6.45) is -0.485. The van der Waals surface area contributed by atoms with Crippen LogP contribution in [0.1, 0.15) is 0 Å². The molecule has 0 unspecified atom stereocenters. The number of rotatable bonds is 1. The van der Waals surface area contributed by atoms with Gasteiger partial charge in [-0.2, -0.15) is 0 Å². The molecule has 1 aromatic heterocycles. The Morgan fingerprint density at radius 1 is 1.24 bits per heavy atom. The number of benzene rings is 1. The molecule has 2 heterocycles. The van der Waals surface area contributed by atoms with Crippen molar-refractivity contribution in [3.63, 3.8) is 0 Å². The van der Waals surface area contributed by atoms with Gasteiger partial charge in [0, 0.05) is 18.5 Å². The van der Waals surface area contributed by atoms with Crippen LogP contribution in [0.2, 0.25) is 0 Å². The molecule has 0 amide bonds. The second-order valence-corrected chi connectivity index (χ2v) is 3.45. The van der Waals surface area contributed by atoms with Crippen LogP contribution in [0.5, 0.6) is 11.5 Å². The minimum absolute atomic E-state index is 0.00237. The number of ether oxygens (including phenoxy) is 2. The first-order valence-electron chi connectivity index (χ1n) is 4.74. The zero-order valence-corrected chi connectivity index (χ0v) is 8.43. The molecule has 2 aromatic rings. The van der Waals surface area contributed by atoms with Crippen LogP contribution >= 0.6 is 0 Å². The van der Waals surface area contributed by atoms with Crippen molar-refractivity contribution in [1.29, 1.82) is 0 Å². The van der Waals surface area contributed by atoms with E-state index in [2.05, 4.69) is 14.5 Å². The smallest absolute Gasteiger partial charge is 0.395 e. The van der Waals surface area contributed by atoms with Crippen molar-refractivity contribution >= 4 is 5.95 Å². The fourth-order valence-corrected chi connectivity index (χ4v) is 1.62. The number of alkyl halides is 2. The summed E-state index contributed by atoms with van der Waals surface area (Å²) in [5.74, 6) is 0.230. The maximum absolute atomic E-state index is 12.8. The third-order valence-corrected chi connectivity index (χ3v) is 2.33. The Morgan fingerprint density at radius 3 is 2.71 bits per heavy atom. The maximum Gasteiger partial charge on any atom is 0.586 e. The minimum atomic E-state index is -3.61. The van der Waals surface area contributed by atoms with Gasteiger partial charge < -0.3 is 15.2 Å². The van der Waals surface area contributed by atoms with E-state index in [0.717, 1.165) is 0 Å². The van der Waals surface area contributed by atoms with E-state index >= 15 is 0 Å². The van der Waals surface area contributed by atoms with Gasteiger partial charge in [-0.25, -0.2) is 4.98 Å². The van der Waals surface area contributed by atoms with E-state index in [1.54, 1.807) is 16.8 Å². The van der Waals surface area contributed by atoms with Crippen molar-refractivity contribution in [2.45, 2.75) is 6.29 Å². The summed E-state index contributed by atoms with van der Waals surface area (Å²) in [7, 11) is 0. The Morgan fingerprint density at radius 2 is 2.00 bits per heavy atom. The number of nitrogens with zero attached hydrogens (tertiary/aromatic N) is 2. The lowest BCUT2D eigenvalue weighted by molar-refractivity contribution is -0.286. The molecule has 2 N–H and O–H groups in total. The number of hydrogen-bond acceptors (Lipinski definition) is 4. The number of fused-ring (bicyclic) bond motifs is 1. The van der Waals surface area contributed by atoms with Crippen LogP contribution < -0.4 is 15.2 Å². The Kier molecular flexibility index (Phi) is 1.80. The summed E-state index contributed by atoms with van der Waals surface area (Å²) in [5.41, 5.74) is 6.17. The second kappa shape index (κ2) is 3.09. The number of aromatic nitrogens is 2. The number of halogens is 2. The SMILES string of the molecule is Nc1nccn1-c1ccc2c(c1)OC(F)(F)O2. The molecule has 5 nitrogen and oxygen atoms in total. The predicted octanol–water partition coefficient (Wildman–Crippen LogP) is 1.78. The molecule has 0 saturated carbocycles. The van der Waals surface area contributed by atoms with E-state index in [9.17, 15) is 8.78 Å². The van der Waals surface area contributed by atoms with Crippen LogP contribution in [0, 0.1) is 0 Å². The summed E-state index contributed by atoms with van der Waals surface area (Å²) in [5, 5.41) is 0. The van der Waals surface area contributed by atoms with E-state index in [4.69, 9.17) is 5.73 Å². The number of imidazole rings is 1. The van der Waals surface area contributed by atoms with Crippen molar-refractivity contribution in [1.82, 2.24) is 9.55 Å². The predicted molar refractivity (Wildman–Crippen MR) is 54.2 cm³/mol. The number of hydrogen-bond donors (Lipinski definition) is 1. The van der Waals surface area contributed by atoms with Gasteiger partial charge in [0.2, 0.25) is 5.95 Å². The average molecular weight is 239 g/mol. The second-order valence-electron chi connectivity index (χ2n) is 3.45. The van der Waals surface area contributed by atoms with E-state index in [-0.39, 0.29) is 17.4 Å². The van der Waals surface area contributed by atoms with E-state index in [1.807, 2.05) is 0 Å². The number of anilines is 1. The monoisotopic (exact) mass is 239 g/mol. The van der Waals surface area contributed by atoms with Crippen LogP contribution in [0.15, 0.2) is 30.6 Å². The lowest BCUT2D eigenvalue weighted by Crippen LogP contribution is -2.25. The lowest BCUT2D eigenvalue weighted by Gasteiger charge is -2.05. The van der Waals surface area contributed by atoms with Crippen molar-refractivity contribution in [2.24, 2.45) is 0 Å². The molecule has 0 spiro atoms. The molecular formula is C10H7F2N3O2. The summed E-state index contributed by atoms with van der Waals surface area (Å²) in [6.45, 7) is 0. The lowest BCUT2D eigenvalue weighted by atomic mass is 10.3. The first-order valence-corrected chi connectivity index (χ1v) is 4.74. The molecule has 88 valence electrons. The maximum atomic E-state index is 12.8. The van der Waals surface area contributed by atoms with Crippen molar-refractivity contribution in [3.8, 4) is 17.2 Å². The minimum Gasteiger partial charge on any atom is -0.395 e. The van der Waals surface area contributed by atoms with E-state index in [0.29, 0.717) is 5.69 Å². The highest BCUT2D eigenvalue weighted by molar-refractivity contribution is 5.52. The Bertz CT molecular complexity index is 583. The van der Waals surface area contributed by atoms with Crippen LogP contribution in [0.4, 0.5) is 14.7 Å². The van der Waals surface area contributed by atoms with Gasteiger partial charge in [0.05, 0.1) is 5.69 Å². The summed E-state index contributed by atoms with van der Waals surface area (Å²) < 4.78 is 35.8. The molecule has 0 fully saturated rings. The Labute approximate surface area is 94.4 Å². The van der Waals surface area contributed by atoms with Crippen molar-refractivity contribution in [2.75, 3.05) is 5.73 Å². The van der Waals surface area contributed by atoms with Crippen molar-refractivity contribution in [3.05, 3.63) is 30.6 Å². The molecule has 1 aliphatic rings. The Balaban J connectivity index is 2.05. The van der Waals surface area contributed by atoms with Crippen LogP contribution in [0.25, 0.3) is 5.69 Å². The van der Waals surface area contributed by atoms with Gasteiger partial charge in [-0.15, -0.1) is 8.78 Å². The zero-order valence-electron chi connectivity index (χ0n) is 8.43. The van der Waals surface area contributed by atoms with Gasteiger partial charge in [0.25, 0.3) is 0 Å². The molecule has 0 bridgehead atoms. The highest BCUT2D eigenvalue weighted by atomic mass is 19.3. The van der Waals surface area contributed by atoms with Gasteiger partial charge in [-0.3, -0.25) is 4.57 Å². The van der Waals surface area contributed by atoms with E-state index in [1.165, 1.54) is 18.3 Å². The standard InChI is InChI=1S/C10H7F2N3O2/c11-10(12)16-7-2-1-6(5-8(7)17-10)15-4-3-14-9(15)13/h1-5H,(H2,13,14). The highest BCUT2D eigenvalue weighted by Gasteiger charge is 2.43. The van der Waals surface area contributed by atoms with Crippen LogP contribution in [-0.4, -0.2) is 15.8 Å². The molecule has 1 aromatic carbocycles. The van der Waals surface area contributed by atoms with Gasteiger partial charge in [-0.05, 0) is 12.1 Å². The van der Waals surface area contributed by atoms with Gasteiger partial charge >= 0.3 is 6.29 Å². The Hall–Kier alpha value is -2.31. The third-order valence-electron chi connectivity index (χ3n) is 2.33. The average Bonchev–Trinajstić information content (AvgIpc) is 2.78. The van der Waals surface area contributed by atoms with Gasteiger partial charge in [0.1, 0.15) is 0 Å². The van der Waals surface area contributed by atoms with Crippen LogP contribution in [-0.2, 0) is 0 Å². The third kappa shape index (κ3) is 1.55. The highest BCUT2D eigenvalue weighted by Crippen LogP contribution is 2.41. The fraction of sp³-hybridized carbons (Fsp3) is 0.100. The fourth-order valence-electron chi connectivity index (χ4n) is 1.62. The molecule has 7 heteroatoms. The van der Waals surface area contributed by atoms with Crippen LogP contribution in [0.3, 0.4) is 0 Å². The summed E-state index contributed by atoms with van der Waals surface area (Å²) in [6, 6.07) is 4.39. The molecule has 3 rings (SSSR count). The zero-order chi connectivity index (χ0) is 12.0. The number of nitrogen functional groups attached to an aromatic ring is 1. The molecular weight excluding hydrogens is 232 g/mol. The quantitative estimate of drug-likeness (QED) is 0.823. The molecule has 1 aliphatic heterocycles. The normalized spacial score (nSPS) is 16.1. The van der Waals surface area contributed by atoms with Gasteiger partial charge in [0.15, 0.2) is 11.5 Å². The molecule has 0 radical (unpaired) electrons. The van der Waals surface area contributed by atoms with Gasteiger partial charge in [-0.1, -0.05) is 0 Å². The topological polar surface area (TPSA) is 62.3 Å². The first kappa shape index (κ1) is 9.88. The molecule has 17 heavy (non-hydrogen) atoms. The molecule has 0 atom stereocenters. The summed E-state index contributed by atoms with van der Waals surface area (Å²) >= 11 is 0. The largest absolute Gasteiger partial charge is 0.586 e. The number of nitrogens with two attached hydrogens (primary N) is 1.